The number of aromatic hydroxyl groups is 1. The minimum absolute atomic E-state index is 0.0534. The Balaban J connectivity index is 3.01. The fourth-order valence-electron chi connectivity index (χ4n) is 1.43. The first-order chi connectivity index (χ1) is 8.33. The molecule has 0 unspecified atom stereocenters. The van der Waals surface area contributed by atoms with Crippen LogP contribution in [0.2, 0.25) is 0 Å². The molecule has 0 radical (unpaired) electrons. The Labute approximate surface area is 107 Å². The lowest BCUT2D eigenvalue weighted by Crippen LogP contribution is -2.50. The number of benzene rings is 1. The van der Waals surface area contributed by atoms with E-state index in [9.17, 15) is 9.90 Å². The van der Waals surface area contributed by atoms with Crippen LogP contribution in [0.1, 0.15) is 24.2 Å². The molecule has 0 saturated carbocycles. The summed E-state index contributed by atoms with van der Waals surface area (Å²) in [7, 11) is 3.15. The molecule has 0 atom stereocenters. The van der Waals surface area contributed by atoms with Gasteiger partial charge in [0.05, 0.1) is 7.11 Å². The van der Waals surface area contributed by atoms with Crippen molar-refractivity contribution in [2.75, 3.05) is 20.7 Å². The van der Waals surface area contributed by atoms with Crippen LogP contribution >= 0.6 is 0 Å². The summed E-state index contributed by atoms with van der Waals surface area (Å²) in [6, 6.07) is 4.57. The summed E-state index contributed by atoms with van der Waals surface area (Å²) in [6.45, 7) is 4.12. The Morgan fingerprint density at radius 1 is 1.50 bits per heavy atom. The van der Waals surface area contributed by atoms with Crippen molar-refractivity contribution in [3.8, 4) is 11.5 Å². The van der Waals surface area contributed by atoms with E-state index in [1.54, 1.807) is 24.1 Å². The van der Waals surface area contributed by atoms with Gasteiger partial charge in [0.1, 0.15) is 0 Å². The number of likely N-dealkylation sites (N-methyl/N-ethyl adjacent to an activating group) is 1. The van der Waals surface area contributed by atoms with Crippen LogP contribution in [0, 0.1) is 0 Å². The van der Waals surface area contributed by atoms with Crippen LogP contribution < -0.4 is 10.5 Å². The third-order valence-electron chi connectivity index (χ3n) is 3.14. The SMILES string of the molecule is COc1ccc(C(=O)N(C)C(C)(C)CN)cc1O. The summed E-state index contributed by atoms with van der Waals surface area (Å²) in [5, 5.41) is 9.66. The van der Waals surface area contributed by atoms with Gasteiger partial charge in [-0.25, -0.2) is 0 Å². The van der Waals surface area contributed by atoms with Crippen LogP contribution in [0.25, 0.3) is 0 Å². The molecule has 0 aliphatic rings. The van der Waals surface area contributed by atoms with Gasteiger partial charge in [-0.3, -0.25) is 4.79 Å². The number of nitrogens with two attached hydrogens (primary N) is 1. The molecule has 1 aromatic rings. The molecule has 0 spiro atoms. The summed E-state index contributed by atoms with van der Waals surface area (Å²) in [5.41, 5.74) is 5.60. The number of hydrogen-bond acceptors (Lipinski definition) is 4. The standard InChI is InChI=1S/C13H20N2O3/c1-13(2,8-14)15(3)12(17)9-5-6-11(18-4)10(16)7-9/h5-7,16H,8,14H2,1-4H3. The van der Waals surface area contributed by atoms with Crippen molar-refractivity contribution < 1.29 is 14.6 Å². The minimum atomic E-state index is -0.438. The average molecular weight is 252 g/mol. The summed E-state index contributed by atoms with van der Waals surface area (Å²) in [5.74, 6) is 0.0954. The molecular formula is C13H20N2O3. The molecule has 0 heterocycles. The first-order valence-electron chi connectivity index (χ1n) is 5.68. The highest BCUT2D eigenvalue weighted by atomic mass is 16.5. The minimum Gasteiger partial charge on any atom is -0.504 e. The largest absolute Gasteiger partial charge is 0.504 e. The molecule has 3 N–H and O–H groups in total. The summed E-state index contributed by atoms with van der Waals surface area (Å²) in [4.78, 5) is 13.8. The summed E-state index contributed by atoms with van der Waals surface area (Å²) >= 11 is 0. The van der Waals surface area contributed by atoms with E-state index in [0.717, 1.165) is 0 Å². The first-order valence-corrected chi connectivity index (χ1v) is 5.68. The zero-order valence-corrected chi connectivity index (χ0v) is 11.2. The van der Waals surface area contributed by atoms with Crippen molar-refractivity contribution in [3.05, 3.63) is 23.8 Å². The van der Waals surface area contributed by atoms with Gasteiger partial charge in [0, 0.05) is 24.7 Å². The van der Waals surface area contributed by atoms with Crippen LogP contribution in [0.5, 0.6) is 11.5 Å². The zero-order valence-electron chi connectivity index (χ0n) is 11.2. The van der Waals surface area contributed by atoms with Gasteiger partial charge in [-0.1, -0.05) is 0 Å². The van der Waals surface area contributed by atoms with E-state index in [2.05, 4.69) is 0 Å². The van der Waals surface area contributed by atoms with E-state index in [4.69, 9.17) is 10.5 Å². The van der Waals surface area contributed by atoms with Crippen LogP contribution in [-0.4, -0.2) is 42.2 Å². The van der Waals surface area contributed by atoms with Crippen molar-refractivity contribution >= 4 is 5.91 Å². The number of carbonyl (C=O) groups excluding carboxylic acids is 1. The highest BCUT2D eigenvalue weighted by Gasteiger charge is 2.27. The van der Waals surface area contributed by atoms with Crippen molar-refractivity contribution in [1.29, 1.82) is 0 Å². The molecule has 0 aliphatic heterocycles. The van der Waals surface area contributed by atoms with Gasteiger partial charge in [0.2, 0.25) is 0 Å². The Hall–Kier alpha value is -1.75. The summed E-state index contributed by atoms with van der Waals surface area (Å²) in [6.07, 6.45) is 0. The Kier molecular flexibility index (Phi) is 4.19. The second-order valence-corrected chi connectivity index (χ2v) is 4.77. The van der Waals surface area contributed by atoms with Gasteiger partial charge in [-0.2, -0.15) is 0 Å². The van der Waals surface area contributed by atoms with Crippen LogP contribution in [-0.2, 0) is 0 Å². The number of rotatable bonds is 4. The number of phenolic OH excluding ortho intramolecular Hbond substituents is 1. The molecule has 1 amide bonds. The third kappa shape index (κ3) is 2.73. The lowest BCUT2D eigenvalue weighted by atomic mass is 10.0. The van der Waals surface area contributed by atoms with E-state index in [1.165, 1.54) is 13.2 Å². The molecule has 0 saturated heterocycles. The zero-order chi connectivity index (χ0) is 13.9. The predicted molar refractivity (Wildman–Crippen MR) is 69.9 cm³/mol. The molecule has 1 aromatic carbocycles. The lowest BCUT2D eigenvalue weighted by molar-refractivity contribution is 0.0639. The number of nitrogens with zero attached hydrogens (tertiary/aromatic N) is 1. The molecule has 5 heteroatoms. The van der Waals surface area contributed by atoms with Gasteiger partial charge in [-0.05, 0) is 32.0 Å². The molecular weight excluding hydrogens is 232 g/mol. The van der Waals surface area contributed by atoms with Gasteiger partial charge in [0.25, 0.3) is 5.91 Å². The number of ether oxygens (including phenoxy) is 1. The van der Waals surface area contributed by atoms with Gasteiger partial charge >= 0.3 is 0 Å². The molecule has 18 heavy (non-hydrogen) atoms. The Morgan fingerprint density at radius 3 is 2.56 bits per heavy atom. The molecule has 0 fully saturated rings. The molecule has 100 valence electrons. The van der Waals surface area contributed by atoms with E-state index >= 15 is 0 Å². The van der Waals surface area contributed by atoms with Crippen molar-refractivity contribution in [2.45, 2.75) is 19.4 Å². The maximum atomic E-state index is 12.2. The smallest absolute Gasteiger partial charge is 0.254 e. The van der Waals surface area contributed by atoms with Gasteiger partial charge in [-0.15, -0.1) is 0 Å². The fourth-order valence-corrected chi connectivity index (χ4v) is 1.43. The number of methoxy groups -OCH3 is 1. The van der Waals surface area contributed by atoms with E-state index in [0.29, 0.717) is 17.9 Å². The Morgan fingerprint density at radius 2 is 2.11 bits per heavy atom. The molecule has 0 aliphatic carbocycles. The first kappa shape index (κ1) is 14.3. The number of phenols is 1. The second kappa shape index (κ2) is 5.27. The van der Waals surface area contributed by atoms with Crippen molar-refractivity contribution in [3.63, 3.8) is 0 Å². The highest BCUT2D eigenvalue weighted by Crippen LogP contribution is 2.27. The van der Waals surface area contributed by atoms with Crippen LogP contribution in [0.3, 0.4) is 0 Å². The maximum absolute atomic E-state index is 12.2. The molecule has 0 bridgehead atoms. The van der Waals surface area contributed by atoms with E-state index in [-0.39, 0.29) is 11.7 Å². The van der Waals surface area contributed by atoms with Gasteiger partial charge < -0.3 is 20.5 Å². The summed E-state index contributed by atoms with van der Waals surface area (Å²) < 4.78 is 4.93. The second-order valence-electron chi connectivity index (χ2n) is 4.77. The van der Waals surface area contributed by atoms with Crippen LogP contribution in [0.15, 0.2) is 18.2 Å². The van der Waals surface area contributed by atoms with Gasteiger partial charge in [0.15, 0.2) is 11.5 Å². The number of amides is 1. The average Bonchev–Trinajstić information content (AvgIpc) is 2.36. The number of hydrogen-bond donors (Lipinski definition) is 2. The van der Waals surface area contributed by atoms with Crippen molar-refractivity contribution in [2.24, 2.45) is 5.73 Å². The Bertz CT molecular complexity index is 444. The lowest BCUT2D eigenvalue weighted by Gasteiger charge is -2.34. The molecule has 1 rings (SSSR count). The monoisotopic (exact) mass is 252 g/mol. The van der Waals surface area contributed by atoms with Crippen LogP contribution in [0.4, 0.5) is 0 Å². The maximum Gasteiger partial charge on any atom is 0.254 e. The fraction of sp³-hybridized carbons (Fsp3) is 0.462. The van der Waals surface area contributed by atoms with E-state index in [1.807, 2.05) is 13.8 Å². The highest BCUT2D eigenvalue weighted by molar-refractivity contribution is 5.95. The quantitative estimate of drug-likeness (QED) is 0.844. The van der Waals surface area contributed by atoms with Crippen molar-refractivity contribution in [1.82, 2.24) is 4.90 Å². The predicted octanol–water partition coefficient (Wildman–Crippen LogP) is 1.21. The molecule has 0 aromatic heterocycles. The third-order valence-corrected chi connectivity index (χ3v) is 3.14. The number of carbonyl (C=O) groups is 1. The van der Waals surface area contributed by atoms with E-state index < -0.39 is 5.54 Å². The topological polar surface area (TPSA) is 75.8 Å². The normalized spacial score (nSPS) is 11.2. The molecule has 5 nitrogen and oxygen atoms in total.